The molecular weight excluding hydrogens is 304 g/mol. The summed E-state index contributed by atoms with van der Waals surface area (Å²) in [6.07, 6.45) is 0.493. The fourth-order valence-corrected chi connectivity index (χ4v) is 4.27. The van der Waals surface area contributed by atoms with E-state index >= 15 is 0 Å². The Balaban J connectivity index is 2.53. The predicted molar refractivity (Wildman–Crippen MR) is 78.3 cm³/mol. The van der Waals surface area contributed by atoms with Gasteiger partial charge in [0.25, 0.3) is 0 Å². The van der Waals surface area contributed by atoms with Crippen LogP contribution in [0.2, 0.25) is 5.02 Å². The van der Waals surface area contributed by atoms with Crippen LogP contribution >= 0.6 is 11.6 Å². The molecule has 1 aromatic carbocycles. The molecule has 8 heteroatoms. The lowest BCUT2D eigenvalue weighted by molar-refractivity contribution is 0.404. The van der Waals surface area contributed by atoms with Crippen LogP contribution in [0.15, 0.2) is 12.1 Å². The van der Waals surface area contributed by atoms with Gasteiger partial charge in [-0.15, -0.1) is 0 Å². The number of hydrogen-bond acceptors (Lipinski definition) is 5. The number of nitrogens with two attached hydrogens (primary N) is 1. The van der Waals surface area contributed by atoms with Gasteiger partial charge in [-0.05, 0) is 6.42 Å². The maximum atomic E-state index is 12.4. The largest absolute Gasteiger partial charge is 0.495 e. The third-order valence-corrected chi connectivity index (χ3v) is 5.93. The molecule has 1 heterocycles. The molecule has 0 radical (unpaired) electrons. The fraction of sp³-hybridized carbons (Fsp3) is 0.500. The molecule has 1 aliphatic heterocycles. The van der Waals surface area contributed by atoms with Crippen molar-refractivity contribution in [1.29, 1.82) is 0 Å². The maximum absolute atomic E-state index is 12.4. The molecular formula is C12H17ClN2O4S. The lowest BCUT2D eigenvalue weighted by atomic mass is 10.2. The molecule has 112 valence electrons. The van der Waals surface area contributed by atoms with E-state index in [1.165, 1.54) is 18.5 Å². The van der Waals surface area contributed by atoms with E-state index in [9.17, 15) is 8.42 Å². The molecule has 0 unspecified atom stereocenters. The van der Waals surface area contributed by atoms with Crippen molar-refractivity contribution >= 4 is 27.3 Å². The molecule has 1 aliphatic rings. The summed E-state index contributed by atoms with van der Waals surface area (Å²) in [6, 6.07) is 3.11. The number of methoxy groups -OCH3 is 2. The van der Waals surface area contributed by atoms with Gasteiger partial charge >= 0.3 is 0 Å². The van der Waals surface area contributed by atoms with Gasteiger partial charge in [0.15, 0.2) is 0 Å². The lowest BCUT2D eigenvalue weighted by Gasteiger charge is -2.22. The van der Waals surface area contributed by atoms with Gasteiger partial charge in [0.1, 0.15) is 11.5 Å². The summed E-state index contributed by atoms with van der Waals surface area (Å²) >= 11 is 6.02. The second-order valence-electron chi connectivity index (χ2n) is 4.42. The Morgan fingerprint density at radius 2 is 2.00 bits per heavy atom. The zero-order chi connectivity index (χ0) is 14.9. The van der Waals surface area contributed by atoms with Gasteiger partial charge in [0.05, 0.1) is 30.2 Å². The van der Waals surface area contributed by atoms with Gasteiger partial charge in [-0.25, -0.2) is 8.42 Å². The Morgan fingerprint density at radius 3 is 2.50 bits per heavy atom. The van der Waals surface area contributed by atoms with Crippen LogP contribution in [0.3, 0.4) is 0 Å². The minimum absolute atomic E-state index is 0.103. The normalized spacial score (nSPS) is 21.0. The van der Waals surface area contributed by atoms with Crippen molar-refractivity contribution in [2.45, 2.75) is 11.7 Å². The van der Waals surface area contributed by atoms with E-state index < -0.39 is 15.3 Å². The molecule has 20 heavy (non-hydrogen) atoms. The molecule has 1 atom stereocenters. The molecule has 1 aromatic rings. The molecule has 0 aromatic heterocycles. The fourth-order valence-electron chi connectivity index (χ4n) is 2.25. The number of anilines is 1. The Hall–Kier alpha value is -1.18. The summed E-state index contributed by atoms with van der Waals surface area (Å²) < 4.78 is 36.5. The molecule has 6 nitrogen and oxygen atoms in total. The molecule has 1 fully saturated rings. The average Bonchev–Trinajstić information content (AvgIpc) is 2.72. The standard InChI is InChI=1S/C12H17ClN2O4S/c1-18-11-6-10(12(19-2)5-9(11)13)15-4-3-8(7-14)20(15,16)17/h5-6,8H,3-4,7,14H2,1-2H3/t8-/m1/s1. The monoisotopic (exact) mass is 320 g/mol. The highest BCUT2D eigenvalue weighted by molar-refractivity contribution is 7.93. The van der Waals surface area contributed by atoms with Crippen molar-refractivity contribution in [3.05, 3.63) is 17.2 Å². The van der Waals surface area contributed by atoms with Crippen LogP contribution in [0.4, 0.5) is 5.69 Å². The highest BCUT2D eigenvalue weighted by atomic mass is 35.5. The number of halogens is 1. The Kier molecular flexibility index (Phi) is 4.31. The van der Waals surface area contributed by atoms with Crippen molar-refractivity contribution < 1.29 is 17.9 Å². The number of benzene rings is 1. The van der Waals surface area contributed by atoms with Crippen molar-refractivity contribution in [3.8, 4) is 11.5 Å². The highest BCUT2D eigenvalue weighted by Crippen LogP contribution is 2.41. The van der Waals surface area contributed by atoms with Crippen LogP contribution in [0.1, 0.15) is 6.42 Å². The Bertz CT molecular complexity index is 606. The molecule has 2 N–H and O–H groups in total. The number of ether oxygens (including phenoxy) is 2. The SMILES string of the molecule is COc1cc(N2CC[C@H](CN)S2(=O)=O)c(OC)cc1Cl. The summed E-state index contributed by atoms with van der Waals surface area (Å²) in [5.74, 6) is 0.783. The number of sulfonamides is 1. The molecule has 0 spiro atoms. The average molecular weight is 321 g/mol. The van der Waals surface area contributed by atoms with Gasteiger partial charge in [0, 0.05) is 25.2 Å². The van der Waals surface area contributed by atoms with Crippen molar-refractivity contribution in [1.82, 2.24) is 0 Å². The summed E-state index contributed by atoms with van der Waals surface area (Å²) in [5, 5.41) is -0.200. The Morgan fingerprint density at radius 1 is 1.35 bits per heavy atom. The molecule has 1 saturated heterocycles. The van der Waals surface area contributed by atoms with Crippen molar-refractivity contribution in [2.75, 3.05) is 31.6 Å². The molecule has 2 rings (SSSR count). The minimum atomic E-state index is -3.47. The van der Waals surface area contributed by atoms with Gasteiger partial charge < -0.3 is 15.2 Å². The van der Waals surface area contributed by atoms with E-state index in [4.69, 9.17) is 26.8 Å². The van der Waals surface area contributed by atoms with Crippen LogP contribution in [-0.2, 0) is 10.0 Å². The lowest BCUT2D eigenvalue weighted by Crippen LogP contribution is -2.33. The van der Waals surface area contributed by atoms with E-state index in [-0.39, 0.29) is 6.54 Å². The summed E-state index contributed by atoms with van der Waals surface area (Å²) in [7, 11) is -0.538. The quantitative estimate of drug-likeness (QED) is 0.902. The van der Waals surface area contributed by atoms with Gasteiger partial charge in [-0.2, -0.15) is 0 Å². The summed E-state index contributed by atoms with van der Waals surface area (Å²) in [6.45, 7) is 0.469. The van der Waals surface area contributed by atoms with E-state index in [1.807, 2.05) is 0 Å². The van der Waals surface area contributed by atoms with Crippen molar-refractivity contribution in [3.63, 3.8) is 0 Å². The van der Waals surface area contributed by atoms with Crippen molar-refractivity contribution in [2.24, 2.45) is 5.73 Å². The maximum Gasteiger partial charge on any atom is 0.239 e. The molecule has 0 bridgehead atoms. The zero-order valence-electron chi connectivity index (χ0n) is 11.3. The van der Waals surface area contributed by atoms with E-state index in [0.29, 0.717) is 35.2 Å². The van der Waals surface area contributed by atoms with E-state index in [1.54, 1.807) is 12.1 Å². The highest BCUT2D eigenvalue weighted by Gasteiger charge is 2.39. The smallest absolute Gasteiger partial charge is 0.239 e. The molecule has 0 aliphatic carbocycles. The third-order valence-electron chi connectivity index (χ3n) is 3.37. The van der Waals surface area contributed by atoms with Gasteiger partial charge in [0.2, 0.25) is 10.0 Å². The first-order chi connectivity index (χ1) is 9.45. The van der Waals surface area contributed by atoms with E-state index in [0.717, 1.165) is 0 Å². The molecule has 0 amide bonds. The Labute approximate surface area is 123 Å². The minimum Gasteiger partial charge on any atom is -0.495 e. The molecule has 0 saturated carbocycles. The van der Waals surface area contributed by atoms with Crippen LogP contribution in [-0.4, -0.2) is 41.0 Å². The van der Waals surface area contributed by atoms with E-state index in [2.05, 4.69) is 0 Å². The first kappa shape index (κ1) is 15.2. The number of rotatable bonds is 4. The summed E-state index contributed by atoms with van der Waals surface area (Å²) in [4.78, 5) is 0. The third kappa shape index (κ3) is 2.41. The first-order valence-corrected chi connectivity index (χ1v) is 7.97. The van der Waals surface area contributed by atoms with Crippen LogP contribution in [0.25, 0.3) is 0 Å². The second kappa shape index (κ2) is 5.67. The number of nitrogens with zero attached hydrogens (tertiary/aromatic N) is 1. The number of hydrogen-bond donors (Lipinski definition) is 1. The zero-order valence-corrected chi connectivity index (χ0v) is 12.9. The van der Waals surface area contributed by atoms with Crippen LogP contribution in [0, 0.1) is 0 Å². The summed E-state index contributed by atoms with van der Waals surface area (Å²) in [5.41, 5.74) is 5.94. The first-order valence-electron chi connectivity index (χ1n) is 6.08. The van der Waals surface area contributed by atoms with Crippen LogP contribution in [0.5, 0.6) is 11.5 Å². The topological polar surface area (TPSA) is 81.9 Å². The second-order valence-corrected chi connectivity index (χ2v) is 6.97. The predicted octanol–water partition coefficient (Wildman–Crippen LogP) is 1.22. The van der Waals surface area contributed by atoms with Crippen LogP contribution < -0.4 is 19.5 Å². The van der Waals surface area contributed by atoms with Gasteiger partial charge in [-0.3, -0.25) is 4.31 Å². The van der Waals surface area contributed by atoms with Gasteiger partial charge in [-0.1, -0.05) is 11.6 Å².